The summed E-state index contributed by atoms with van der Waals surface area (Å²) in [6.45, 7) is 0. The maximum Gasteiger partial charge on any atom is 0.145 e. The maximum atomic E-state index is 10.1. The van der Waals surface area contributed by atoms with Gasteiger partial charge in [-0.05, 0) is 48.7 Å². The highest BCUT2D eigenvalue weighted by Gasteiger charge is 2.31. The van der Waals surface area contributed by atoms with E-state index in [4.69, 9.17) is 4.74 Å². The van der Waals surface area contributed by atoms with Gasteiger partial charge in [0.2, 0.25) is 0 Å². The molecule has 2 aromatic carbocycles. The van der Waals surface area contributed by atoms with E-state index in [9.17, 15) is 5.11 Å². The molecule has 3 heterocycles. The summed E-state index contributed by atoms with van der Waals surface area (Å²) >= 11 is 1.60. The molecule has 3 aromatic heterocycles. The van der Waals surface area contributed by atoms with Crippen LogP contribution < -0.4 is 10.1 Å². The van der Waals surface area contributed by atoms with Crippen molar-refractivity contribution in [2.45, 2.75) is 25.0 Å². The van der Waals surface area contributed by atoms with Crippen LogP contribution in [0.25, 0.3) is 32.2 Å². The monoisotopic (exact) mass is 444 g/mol. The second kappa shape index (κ2) is 7.54. The molecule has 0 spiro atoms. The first-order chi connectivity index (χ1) is 15.6. The molecule has 0 aliphatic heterocycles. The fourth-order valence-electron chi connectivity index (χ4n) is 3.90. The highest BCUT2D eigenvalue weighted by atomic mass is 32.1. The summed E-state index contributed by atoms with van der Waals surface area (Å²) in [7, 11) is 1.89. The average Bonchev–Trinajstić information content (AvgIpc) is 3.44. The number of aryl methyl sites for hydroxylation is 1. The van der Waals surface area contributed by atoms with Gasteiger partial charge in [0.25, 0.3) is 0 Å². The van der Waals surface area contributed by atoms with Gasteiger partial charge in [0.05, 0.1) is 38.9 Å². The SMILES string of the molecule is Cn1cc(-c2cc(O[C@H]3CC[C@@H]3O)c3c(Nc4ccc5ncsc5c4)ncnc3c2)cn1. The lowest BCUT2D eigenvalue weighted by molar-refractivity contribution is -0.0354. The number of aliphatic hydroxyl groups is 1. The molecule has 0 unspecified atom stereocenters. The zero-order valence-corrected chi connectivity index (χ0v) is 18.1. The van der Waals surface area contributed by atoms with Crippen LogP contribution in [0, 0.1) is 0 Å². The van der Waals surface area contributed by atoms with E-state index >= 15 is 0 Å². The van der Waals surface area contributed by atoms with Crippen LogP contribution in [0.3, 0.4) is 0 Å². The molecule has 160 valence electrons. The molecule has 32 heavy (non-hydrogen) atoms. The summed E-state index contributed by atoms with van der Waals surface area (Å²) in [6.07, 6.45) is 6.19. The minimum absolute atomic E-state index is 0.232. The van der Waals surface area contributed by atoms with Crippen LogP contribution in [0.15, 0.2) is 54.6 Å². The summed E-state index contributed by atoms with van der Waals surface area (Å²) in [6, 6.07) is 10.0. The highest BCUT2D eigenvalue weighted by molar-refractivity contribution is 7.16. The van der Waals surface area contributed by atoms with Crippen molar-refractivity contribution < 1.29 is 9.84 Å². The number of hydrogen-bond donors (Lipinski definition) is 2. The molecule has 5 aromatic rings. The summed E-state index contributed by atoms with van der Waals surface area (Å²) in [4.78, 5) is 13.4. The van der Waals surface area contributed by atoms with Gasteiger partial charge in [-0.1, -0.05) is 0 Å². The van der Waals surface area contributed by atoms with Gasteiger partial charge in [-0.15, -0.1) is 11.3 Å². The van der Waals surface area contributed by atoms with Gasteiger partial charge in [0.1, 0.15) is 24.0 Å². The van der Waals surface area contributed by atoms with Crippen molar-refractivity contribution in [2.24, 2.45) is 7.05 Å². The molecule has 1 aliphatic carbocycles. The van der Waals surface area contributed by atoms with Gasteiger partial charge in [-0.3, -0.25) is 4.68 Å². The van der Waals surface area contributed by atoms with E-state index in [1.165, 1.54) is 0 Å². The number of hydrogen-bond acceptors (Lipinski definition) is 8. The lowest BCUT2D eigenvalue weighted by Gasteiger charge is -2.33. The first-order valence-electron chi connectivity index (χ1n) is 10.4. The van der Waals surface area contributed by atoms with E-state index in [0.717, 1.165) is 50.8 Å². The lowest BCUT2D eigenvalue weighted by atomic mass is 9.92. The Kier molecular flexibility index (Phi) is 4.51. The van der Waals surface area contributed by atoms with Gasteiger partial charge in [-0.2, -0.15) is 5.10 Å². The molecule has 0 radical (unpaired) electrons. The molecule has 1 fully saturated rings. The van der Waals surface area contributed by atoms with Crippen molar-refractivity contribution in [3.63, 3.8) is 0 Å². The molecular weight excluding hydrogens is 424 g/mol. The van der Waals surface area contributed by atoms with Gasteiger partial charge >= 0.3 is 0 Å². The van der Waals surface area contributed by atoms with Crippen molar-refractivity contribution in [3.05, 3.63) is 54.6 Å². The number of aliphatic hydroxyl groups excluding tert-OH is 1. The molecule has 1 aliphatic rings. The standard InChI is InChI=1S/C23H20N6O2S/c1-29-10-14(9-27-29)13-6-17-22(20(7-13)31-19-5-4-18(19)30)23(25-11-24-17)28-15-2-3-16-21(8-15)32-12-26-16/h2-3,6-12,18-19,30H,4-5H2,1H3,(H,24,25,28)/t18-,19-/m0/s1. The second-order valence-electron chi connectivity index (χ2n) is 7.95. The third kappa shape index (κ3) is 3.35. The van der Waals surface area contributed by atoms with Gasteiger partial charge in [-0.25, -0.2) is 15.0 Å². The Bertz CT molecular complexity index is 1450. The molecule has 2 atom stereocenters. The number of ether oxygens (including phenoxy) is 1. The highest BCUT2D eigenvalue weighted by Crippen LogP contribution is 2.38. The molecule has 9 heteroatoms. The fraction of sp³-hybridized carbons (Fsp3) is 0.217. The Labute approximate surface area is 187 Å². The first-order valence-corrected chi connectivity index (χ1v) is 11.2. The second-order valence-corrected chi connectivity index (χ2v) is 8.84. The van der Waals surface area contributed by atoms with Crippen LogP contribution in [0.4, 0.5) is 11.5 Å². The summed E-state index contributed by atoms with van der Waals surface area (Å²) in [5.41, 5.74) is 6.39. The Hall–Kier alpha value is -3.56. The average molecular weight is 445 g/mol. The zero-order valence-electron chi connectivity index (χ0n) is 17.3. The number of nitrogens with zero attached hydrogens (tertiary/aromatic N) is 5. The number of rotatable bonds is 5. The molecule has 8 nitrogen and oxygen atoms in total. The van der Waals surface area contributed by atoms with E-state index in [2.05, 4.69) is 31.4 Å². The summed E-state index contributed by atoms with van der Waals surface area (Å²) in [5, 5.41) is 18.6. The number of aromatic nitrogens is 5. The van der Waals surface area contributed by atoms with E-state index in [1.54, 1.807) is 22.3 Å². The van der Waals surface area contributed by atoms with E-state index < -0.39 is 6.10 Å². The number of fused-ring (bicyclic) bond motifs is 2. The molecule has 6 rings (SSSR count). The zero-order chi connectivity index (χ0) is 21.7. The Morgan fingerprint density at radius 1 is 1.09 bits per heavy atom. The van der Waals surface area contributed by atoms with Crippen molar-refractivity contribution in [3.8, 4) is 16.9 Å². The number of thiazole rings is 1. The number of benzene rings is 2. The normalized spacial score (nSPS) is 18.1. The Balaban J connectivity index is 1.47. The first kappa shape index (κ1) is 19.1. The van der Waals surface area contributed by atoms with Crippen LogP contribution in [-0.4, -0.2) is 42.0 Å². The van der Waals surface area contributed by atoms with E-state index in [-0.39, 0.29) is 6.10 Å². The predicted molar refractivity (Wildman–Crippen MR) is 124 cm³/mol. The van der Waals surface area contributed by atoms with E-state index in [1.807, 2.05) is 49.2 Å². The largest absolute Gasteiger partial charge is 0.487 e. The smallest absolute Gasteiger partial charge is 0.145 e. The van der Waals surface area contributed by atoms with Crippen molar-refractivity contribution in [1.29, 1.82) is 0 Å². The van der Waals surface area contributed by atoms with Gasteiger partial charge in [0.15, 0.2) is 0 Å². The van der Waals surface area contributed by atoms with Crippen LogP contribution in [0.2, 0.25) is 0 Å². The van der Waals surface area contributed by atoms with Gasteiger partial charge in [0, 0.05) is 24.5 Å². The molecule has 0 saturated heterocycles. The molecule has 0 bridgehead atoms. The molecule has 0 amide bonds. The minimum atomic E-state index is -0.457. The van der Waals surface area contributed by atoms with Crippen molar-refractivity contribution >= 4 is 44.0 Å². The molecule has 2 N–H and O–H groups in total. The van der Waals surface area contributed by atoms with Crippen LogP contribution in [-0.2, 0) is 7.05 Å². The minimum Gasteiger partial charge on any atom is -0.487 e. The molecular formula is C23H20N6O2S. The summed E-state index contributed by atoms with van der Waals surface area (Å²) < 4.78 is 9.14. The predicted octanol–water partition coefficient (Wildman–Crippen LogP) is 4.29. The summed E-state index contributed by atoms with van der Waals surface area (Å²) in [5.74, 6) is 1.30. The van der Waals surface area contributed by atoms with Crippen LogP contribution in [0.5, 0.6) is 5.75 Å². The van der Waals surface area contributed by atoms with Crippen molar-refractivity contribution in [1.82, 2.24) is 24.7 Å². The third-order valence-electron chi connectivity index (χ3n) is 5.79. The van der Waals surface area contributed by atoms with Gasteiger partial charge < -0.3 is 15.2 Å². The van der Waals surface area contributed by atoms with Crippen LogP contribution >= 0.6 is 11.3 Å². The quantitative estimate of drug-likeness (QED) is 0.417. The van der Waals surface area contributed by atoms with E-state index in [0.29, 0.717) is 11.6 Å². The van der Waals surface area contributed by atoms with Crippen molar-refractivity contribution in [2.75, 3.05) is 5.32 Å². The Morgan fingerprint density at radius 2 is 2.03 bits per heavy atom. The maximum absolute atomic E-state index is 10.1. The molecule has 1 saturated carbocycles. The number of nitrogens with one attached hydrogen (secondary N) is 1. The third-order valence-corrected chi connectivity index (χ3v) is 6.58. The fourth-order valence-corrected chi connectivity index (χ4v) is 4.62. The lowest BCUT2D eigenvalue weighted by Crippen LogP contribution is -2.41. The van der Waals surface area contributed by atoms with Crippen LogP contribution in [0.1, 0.15) is 12.8 Å². The number of anilines is 2. The Morgan fingerprint density at radius 3 is 2.81 bits per heavy atom. The topological polar surface area (TPSA) is 98.0 Å².